The molecule has 0 radical (unpaired) electrons. The molecule has 0 bridgehead atoms. The zero-order chi connectivity index (χ0) is 24.6. The van der Waals surface area contributed by atoms with Gasteiger partial charge in [-0.1, -0.05) is 11.6 Å². The van der Waals surface area contributed by atoms with Crippen LogP contribution in [-0.4, -0.2) is 48.7 Å². The van der Waals surface area contributed by atoms with E-state index in [0.717, 1.165) is 29.5 Å². The first-order valence-electron chi connectivity index (χ1n) is 11.3. The first-order valence-corrected chi connectivity index (χ1v) is 11.3. The van der Waals surface area contributed by atoms with Gasteiger partial charge in [0, 0.05) is 38.3 Å². The minimum atomic E-state index is -0.613. The first-order chi connectivity index (χ1) is 16.2. The van der Waals surface area contributed by atoms with Crippen molar-refractivity contribution in [3.8, 4) is 5.75 Å². The number of imidazole rings is 1. The number of Topliss-reactive ketones (excluding diaryl/α,β-unsaturated/α-hetero) is 1. The zero-order valence-corrected chi connectivity index (χ0v) is 19.7. The van der Waals surface area contributed by atoms with Gasteiger partial charge in [-0.2, -0.15) is 4.98 Å². The molecule has 1 saturated heterocycles. The lowest BCUT2D eigenvalue weighted by Gasteiger charge is -2.31. The van der Waals surface area contributed by atoms with Crippen LogP contribution in [0.2, 0.25) is 0 Å². The number of nitrogens with two attached hydrogens (primary N) is 1. The Kier molecular flexibility index (Phi) is 6.43. The van der Waals surface area contributed by atoms with Gasteiger partial charge >= 0.3 is 5.69 Å². The lowest BCUT2D eigenvalue weighted by molar-refractivity contribution is 0.0971. The number of aromatic nitrogens is 4. The number of phenols is 1. The van der Waals surface area contributed by atoms with Crippen molar-refractivity contribution >= 4 is 22.9 Å². The third-order valence-electron chi connectivity index (χ3n) is 6.12. The number of phenolic OH excluding ortho intramolecular Hbond substituents is 1. The molecule has 1 aliphatic rings. The van der Waals surface area contributed by atoms with Crippen molar-refractivity contribution in [3.63, 3.8) is 0 Å². The number of aromatic hydroxyl groups is 1. The van der Waals surface area contributed by atoms with E-state index in [1.165, 1.54) is 35.9 Å². The van der Waals surface area contributed by atoms with Gasteiger partial charge in [0.25, 0.3) is 5.56 Å². The number of anilines is 1. The highest BCUT2D eigenvalue weighted by Crippen LogP contribution is 2.24. The van der Waals surface area contributed by atoms with Gasteiger partial charge in [0.2, 0.25) is 5.95 Å². The van der Waals surface area contributed by atoms with Crippen LogP contribution in [-0.2, 0) is 20.1 Å². The van der Waals surface area contributed by atoms with Crippen molar-refractivity contribution in [2.24, 2.45) is 12.8 Å². The van der Waals surface area contributed by atoms with E-state index in [-0.39, 0.29) is 35.3 Å². The summed E-state index contributed by atoms with van der Waals surface area (Å²) in [6, 6.07) is 5.81. The zero-order valence-electron chi connectivity index (χ0n) is 19.7. The number of rotatable bonds is 6. The SMILES string of the molecule is CC(C)=CCn1c(N2CCCC(N)C2)nc2c1c(=O)n(C)c(=O)n2CC(=O)c1ccc(O)cc1. The lowest BCUT2D eigenvalue weighted by atomic mass is 10.1. The van der Waals surface area contributed by atoms with Crippen molar-refractivity contribution in [3.05, 3.63) is 62.3 Å². The van der Waals surface area contributed by atoms with Crippen molar-refractivity contribution in [2.45, 2.75) is 45.8 Å². The Hall–Kier alpha value is -3.66. The van der Waals surface area contributed by atoms with Crippen LogP contribution in [0.5, 0.6) is 5.75 Å². The van der Waals surface area contributed by atoms with Crippen LogP contribution in [0.4, 0.5) is 5.95 Å². The summed E-state index contributed by atoms with van der Waals surface area (Å²) in [5.74, 6) is 0.277. The second-order valence-corrected chi connectivity index (χ2v) is 9.03. The number of benzene rings is 1. The molecule has 1 aromatic carbocycles. The van der Waals surface area contributed by atoms with Crippen LogP contribution in [0.1, 0.15) is 37.0 Å². The number of nitrogens with zero attached hydrogens (tertiary/aromatic N) is 5. The summed E-state index contributed by atoms with van der Waals surface area (Å²) in [5.41, 5.74) is 7.00. The fourth-order valence-corrected chi connectivity index (χ4v) is 4.25. The van der Waals surface area contributed by atoms with Gasteiger partial charge in [-0.3, -0.25) is 18.7 Å². The highest BCUT2D eigenvalue weighted by Gasteiger charge is 2.26. The van der Waals surface area contributed by atoms with Gasteiger partial charge in [-0.25, -0.2) is 4.79 Å². The Morgan fingerprint density at radius 3 is 2.56 bits per heavy atom. The van der Waals surface area contributed by atoms with Crippen molar-refractivity contribution < 1.29 is 9.90 Å². The molecule has 10 nitrogen and oxygen atoms in total. The molecule has 1 unspecified atom stereocenters. The maximum atomic E-state index is 13.2. The van der Waals surface area contributed by atoms with Crippen LogP contribution in [0.3, 0.4) is 0 Å². The van der Waals surface area contributed by atoms with Gasteiger partial charge in [0.15, 0.2) is 16.9 Å². The van der Waals surface area contributed by atoms with Crippen molar-refractivity contribution in [1.29, 1.82) is 0 Å². The Bertz CT molecular complexity index is 1380. The Labute approximate surface area is 196 Å². The van der Waals surface area contributed by atoms with Crippen LogP contribution in [0.15, 0.2) is 45.5 Å². The predicted octanol–water partition coefficient (Wildman–Crippen LogP) is 1.38. The summed E-state index contributed by atoms with van der Waals surface area (Å²) in [5, 5.41) is 9.51. The minimum Gasteiger partial charge on any atom is -0.508 e. The molecule has 0 amide bonds. The highest BCUT2D eigenvalue weighted by molar-refractivity contribution is 5.96. The Morgan fingerprint density at radius 1 is 1.21 bits per heavy atom. The van der Waals surface area contributed by atoms with Crippen molar-refractivity contribution in [2.75, 3.05) is 18.0 Å². The molecule has 2 aromatic heterocycles. The average molecular weight is 467 g/mol. The van der Waals surface area contributed by atoms with Gasteiger partial charge in [0.1, 0.15) is 5.75 Å². The molecule has 0 spiro atoms. The summed E-state index contributed by atoms with van der Waals surface area (Å²) >= 11 is 0. The fraction of sp³-hybridized carbons (Fsp3) is 0.417. The van der Waals surface area contributed by atoms with Crippen LogP contribution >= 0.6 is 0 Å². The monoisotopic (exact) mass is 466 g/mol. The molecule has 3 aromatic rings. The Balaban J connectivity index is 1.91. The maximum absolute atomic E-state index is 13.2. The molecule has 3 N–H and O–H groups in total. The molecule has 0 aliphatic carbocycles. The summed E-state index contributed by atoms with van der Waals surface area (Å²) in [6.07, 6.45) is 3.81. The van der Waals surface area contributed by atoms with E-state index in [1.807, 2.05) is 29.4 Å². The second-order valence-electron chi connectivity index (χ2n) is 9.03. The molecule has 1 atom stereocenters. The lowest BCUT2D eigenvalue weighted by Crippen LogP contribution is -2.44. The molecule has 34 heavy (non-hydrogen) atoms. The normalized spacial score (nSPS) is 16.1. The van der Waals surface area contributed by atoms with E-state index in [4.69, 9.17) is 10.7 Å². The van der Waals surface area contributed by atoms with Gasteiger partial charge in [0.05, 0.1) is 6.54 Å². The quantitative estimate of drug-likeness (QED) is 0.415. The fourth-order valence-electron chi connectivity index (χ4n) is 4.25. The smallest absolute Gasteiger partial charge is 0.332 e. The van der Waals surface area contributed by atoms with E-state index >= 15 is 0 Å². The van der Waals surface area contributed by atoms with E-state index in [1.54, 1.807) is 0 Å². The van der Waals surface area contributed by atoms with Crippen LogP contribution < -0.4 is 21.9 Å². The van der Waals surface area contributed by atoms with Crippen molar-refractivity contribution in [1.82, 2.24) is 18.7 Å². The van der Waals surface area contributed by atoms with Gasteiger partial charge in [-0.05, 0) is 51.0 Å². The van der Waals surface area contributed by atoms with E-state index in [0.29, 0.717) is 24.6 Å². The van der Waals surface area contributed by atoms with Gasteiger partial charge < -0.3 is 20.3 Å². The minimum absolute atomic E-state index is 0.00781. The number of ketones is 1. The third-order valence-corrected chi connectivity index (χ3v) is 6.12. The number of fused-ring (bicyclic) bond motifs is 1. The molecule has 4 rings (SSSR count). The Morgan fingerprint density at radius 2 is 1.91 bits per heavy atom. The summed E-state index contributed by atoms with van der Waals surface area (Å²) < 4.78 is 4.07. The largest absolute Gasteiger partial charge is 0.508 e. The average Bonchev–Trinajstić information content (AvgIpc) is 3.19. The third kappa shape index (κ3) is 4.41. The number of carbonyl (C=O) groups is 1. The molecule has 10 heteroatoms. The topological polar surface area (TPSA) is 128 Å². The summed E-state index contributed by atoms with van der Waals surface area (Å²) in [6.45, 7) is 5.39. The highest BCUT2D eigenvalue weighted by atomic mass is 16.3. The first kappa shape index (κ1) is 23.5. The van der Waals surface area contributed by atoms with Crippen LogP contribution in [0, 0.1) is 0 Å². The maximum Gasteiger partial charge on any atom is 0.332 e. The van der Waals surface area contributed by atoms with E-state index in [9.17, 15) is 19.5 Å². The molecule has 1 aliphatic heterocycles. The van der Waals surface area contributed by atoms with Gasteiger partial charge in [-0.15, -0.1) is 0 Å². The molecular formula is C24H30N6O4. The molecule has 0 saturated carbocycles. The summed E-state index contributed by atoms with van der Waals surface area (Å²) in [7, 11) is 1.40. The van der Waals surface area contributed by atoms with E-state index in [2.05, 4.69) is 0 Å². The van der Waals surface area contributed by atoms with Crippen LogP contribution in [0.25, 0.3) is 11.2 Å². The molecule has 1 fully saturated rings. The number of piperidine rings is 1. The van der Waals surface area contributed by atoms with E-state index < -0.39 is 11.2 Å². The second kappa shape index (κ2) is 9.30. The number of allylic oxidation sites excluding steroid dienone is 2. The molecule has 3 heterocycles. The summed E-state index contributed by atoms with van der Waals surface area (Å²) in [4.78, 5) is 46.1. The molecule has 180 valence electrons. The number of hydrogen-bond donors (Lipinski definition) is 2. The predicted molar refractivity (Wildman–Crippen MR) is 131 cm³/mol. The molecular weight excluding hydrogens is 436 g/mol. The standard InChI is InChI=1S/C24H30N6O4/c1-15(2)10-12-29-20-21(26-23(29)28-11-4-5-17(25)13-28)30(24(34)27(3)22(20)33)14-19(32)16-6-8-18(31)9-7-16/h6-10,17,31H,4-5,11-14,25H2,1-3H3. The number of hydrogen-bond acceptors (Lipinski definition) is 7. The number of carbonyl (C=O) groups excluding carboxylic acids is 1.